The molecular formula is C14H19N3. The van der Waals surface area contributed by atoms with Crippen molar-refractivity contribution in [3.05, 3.63) is 35.9 Å². The molecule has 1 aromatic heterocycles. The average molecular weight is 229 g/mol. The lowest BCUT2D eigenvalue weighted by Crippen LogP contribution is -2.11. The van der Waals surface area contributed by atoms with Gasteiger partial charge in [-0.1, -0.05) is 13.0 Å². The molecule has 90 valence electrons. The van der Waals surface area contributed by atoms with Crippen LogP contribution in [0.1, 0.15) is 19.4 Å². The van der Waals surface area contributed by atoms with Crippen LogP contribution in [0.15, 0.2) is 30.3 Å². The summed E-state index contributed by atoms with van der Waals surface area (Å²) in [5.74, 6) is 0.944. The van der Waals surface area contributed by atoms with E-state index in [-0.39, 0.29) is 0 Å². The van der Waals surface area contributed by atoms with E-state index in [0.717, 1.165) is 31.0 Å². The van der Waals surface area contributed by atoms with Crippen LogP contribution in [0, 0.1) is 0 Å². The fourth-order valence-electron chi connectivity index (χ4n) is 1.83. The summed E-state index contributed by atoms with van der Waals surface area (Å²) < 4.78 is 0. The van der Waals surface area contributed by atoms with Gasteiger partial charge in [0.05, 0.1) is 5.52 Å². The first-order valence-electron chi connectivity index (χ1n) is 6.17. The summed E-state index contributed by atoms with van der Waals surface area (Å²) in [6.07, 6.45) is 0. The van der Waals surface area contributed by atoms with Gasteiger partial charge >= 0.3 is 0 Å². The van der Waals surface area contributed by atoms with Crippen molar-refractivity contribution in [1.82, 2.24) is 10.3 Å². The molecule has 0 bridgehead atoms. The number of pyridine rings is 1. The Morgan fingerprint density at radius 3 is 2.71 bits per heavy atom. The normalized spacial score (nSPS) is 10.7. The molecule has 3 nitrogen and oxygen atoms in total. The Kier molecular flexibility index (Phi) is 3.94. The van der Waals surface area contributed by atoms with E-state index in [1.807, 2.05) is 6.07 Å². The van der Waals surface area contributed by atoms with Gasteiger partial charge in [-0.2, -0.15) is 0 Å². The Morgan fingerprint density at radius 1 is 1.06 bits per heavy atom. The van der Waals surface area contributed by atoms with Crippen molar-refractivity contribution < 1.29 is 0 Å². The molecule has 0 saturated heterocycles. The van der Waals surface area contributed by atoms with Gasteiger partial charge in [0.1, 0.15) is 5.82 Å². The standard InChI is InChI=1S/C14H19N3/c1-3-15-10-11-5-7-13-12(9-11)6-8-14(17-13)16-4-2/h5-9,15H,3-4,10H2,1-2H3,(H,16,17). The number of fused-ring (bicyclic) bond motifs is 1. The monoisotopic (exact) mass is 229 g/mol. The molecule has 0 saturated carbocycles. The number of aromatic nitrogens is 1. The molecule has 0 aliphatic heterocycles. The Hall–Kier alpha value is -1.61. The van der Waals surface area contributed by atoms with Gasteiger partial charge in [-0.15, -0.1) is 0 Å². The SMILES string of the molecule is CCNCc1ccc2nc(NCC)ccc2c1. The molecule has 17 heavy (non-hydrogen) atoms. The van der Waals surface area contributed by atoms with E-state index in [1.54, 1.807) is 0 Å². The molecule has 0 spiro atoms. The maximum absolute atomic E-state index is 4.55. The molecule has 0 aliphatic rings. The first-order valence-corrected chi connectivity index (χ1v) is 6.17. The van der Waals surface area contributed by atoms with Crippen LogP contribution in [0.2, 0.25) is 0 Å². The summed E-state index contributed by atoms with van der Waals surface area (Å²) in [6.45, 7) is 7.00. The third kappa shape index (κ3) is 2.94. The summed E-state index contributed by atoms with van der Waals surface area (Å²) in [7, 11) is 0. The van der Waals surface area contributed by atoms with E-state index >= 15 is 0 Å². The van der Waals surface area contributed by atoms with Crippen LogP contribution in [-0.4, -0.2) is 18.1 Å². The minimum absolute atomic E-state index is 0.900. The largest absolute Gasteiger partial charge is 0.370 e. The quantitative estimate of drug-likeness (QED) is 0.827. The van der Waals surface area contributed by atoms with Gasteiger partial charge in [-0.3, -0.25) is 0 Å². The van der Waals surface area contributed by atoms with Crippen LogP contribution in [0.4, 0.5) is 5.82 Å². The zero-order chi connectivity index (χ0) is 12.1. The maximum Gasteiger partial charge on any atom is 0.126 e. The third-order valence-corrected chi connectivity index (χ3v) is 2.69. The van der Waals surface area contributed by atoms with Gasteiger partial charge in [0.15, 0.2) is 0 Å². The topological polar surface area (TPSA) is 37.0 Å². The summed E-state index contributed by atoms with van der Waals surface area (Å²) in [6, 6.07) is 10.6. The second kappa shape index (κ2) is 5.64. The maximum atomic E-state index is 4.55. The number of rotatable bonds is 5. The van der Waals surface area contributed by atoms with E-state index < -0.39 is 0 Å². The number of anilines is 1. The minimum atomic E-state index is 0.900. The van der Waals surface area contributed by atoms with Crippen molar-refractivity contribution in [3.8, 4) is 0 Å². The fourth-order valence-corrected chi connectivity index (χ4v) is 1.83. The van der Waals surface area contributed by atoms with Gasteiger partial charge < -0.3 is 10.6 Å². The van der Waals surface area contributed by atoms with Gasteiger partial charge in [0.25, 0.3) is 0 Å². The number of hydrogen-bond donors (Lipinski definition) is 2. The van der Waals surface area contributed by atoms with Gasteiger partial charge in [-0.05, 0) is 43.3 Å². The third-order valence-electron chi connectivity index (χ3n) is 2.69. The van der Waals surface area contributed by atoms with Crippen LogP contribution in [0.3, 0.4) is 0 Å². The predicted octanol–water partition coefficient (Wildman–Crippen LogP) is 2.78. The van der Waals surface area contributed by atoms with E-state index in [9.17, 15) is 0 Å². The lowest BCUT2D eigenvalue weighted by molar-refractivity contribution is 0.727. The molecule has 2 N–H and O–H groups in total. The second-order valence-corrected chi connectivity index (χ2v) is 4.03. The molecule has 0 aliphatic carbocycles. The number of hydrogen-bond acceptors (Lipinski definition) is 3. The van der Waals surface area contributed by atoms with E-state index in [0.29, 0.717) is 0 Å². The summed E-state index contributed by atoms with van der Waals surface area (Å²) in [5.41, 5.74) is 2.35. The van der Waals surface area contributed by atoms with Gasteiger partial charge in [0, 0.05) is 18.5 Å². The minimum Gasteiger partial charge on any atom is -0.370 e. The van der Waals surface area contributed by atoms with Crippen molar-refractivity contribution in [1.29, 1.82) is 0 Å². The van der Waals surface area contributed by atoms with Crippen LogP contribution in [-0.2, 0) is 6.54 Å². The highest BCUT2D eigenvalue weighted by molar-refractivity contribution is 5.80. The highest BCUT2D eigenvalue weighted by atomic mass is 15.0. The van der Waals surface area contributed by atoms with Crippen LogP contribution >= 0.6 is 0 Å². The Bertz CT molecular complexity index is 494. The number of nitrogens with zero attached hydrogens (tertiary/aromatic N) is 1. The smallest absolute Gasteiger partial charge is 0.126 e. The Balaban J connectivity index is 2.26. The van der Waals surface area contributed by atoms with Crippen molar-refractivity contribution in [2.24, 2.45) is 0 Å². The predicted molar refractivity (Wildman–Crippen MR) is 73.3 cm³/mol. The molecule has 1 aromatic carbocycles. The van der Waals surface area contributed by atoms with E-state index in [2.05, 4.69) is 53.7 Å². The zero-order valence-corrected chi connectivity index (χ0v) is 10.5. The van der Waals surface area contributed by atoms with Gasteiger partial charge in [0.2, 0.25) is 0 Å². The van der Waals surface area contributed by atoms with Crippen molar-refractivity contribution in [2.75, 3.05) is 18.4 Å². The van der Waals surface area contributed by atoms with Crippen molar-refractivity contribution >= 4 is 16.7 Å². The molecule has 3 heteroatoms. The molecule has 0 fully saturated rings. The second-order valence-electron chi connectivity index (χ2n) is 4.03. The number of benzene rings is 1. The van der Waals surface area contributed by atoms with E-state index in [1.165, 1.54) is 10.9 Å². The van der Waals surface area contributed by atoms with E-state index in [4.69, 9.17) is 0 Å². The number of nitrogens with one attached hydrogen (secondary N) is 2. The Labute approximate surface area is 102 Å². The summed E-state index contributed by atoms with van der Waals surface area (Å²) in [5, 5.41) is 7.75. The molecule has 2 aromatic rings. The molecule has 0 amide bonds. The Morgan fingerprint density at radius 2 is 1.94 bits per heavy atom. The molecule has 2 rings (SSSR count). The van der Waals surface area contributed by atoms with Crippen molar-refractivity contribution in [3.63, 3.8) is 0 Å². The lowest BCUT2D eigenvalue weighted by atomic mass is 10.1. The van der Waals surface area contributed by atoms with Crippen LogP contribution in [0.5, 0.6) is 0 Å². The molecule has 0 atom stereocenters. The summed E-state index contributed by atoms with van der Waals surface area (Å²) >= 11 is 0. The molecule has 0 radical (unpaired) electrons. The molecular weight excluding hydrogens is 210 g/mol. The highest BCUT2D eigenvalue weighted by Crippen LogP contribution is 2.16. The molecule has 0 unspecified atom stereocenters. The first kappa shape index (κ1) is 11.9. The van der Waals surface area contributed by atoms with Crippen molar-refractivity contribution in [2.45, 2.75) is 20.4 Å². The van der Waals surface area contributed by atoms with Crippen LogP contribution in [0.25, 0.3) is 10.9 Å². The zero-order valence-electron chi connectivity index (χ0n) is 10.5. The fraction of sp³-hybridized carbons (Fsp3) is 0.357. The first-order chi connectivity index (χ1) is 8.33. The molecule has 1 heterocycles. The van der Waals surface area contributed by atoms with Crippen LogP contribution < -0.4 is 10.6 Å². The summed E-state index contributed by atoms with van der Waals surface area (Å²) in [4.78, 5) is 4.55. The highest BCUT2D eigenvalue weighted by Gasteiger charge is 1.99. The average Bonchev–Trinajstić information content (AvgIpc) is 2.36. The van der Waals surface area contributed by atoms with Gasteiger partial charge in [-0.25, -0.2) is 4.98 Å². The lowest BCUT2D eigenvalue weighted by Gasteiger charge is -2.06.